The van der Waals surface area contributed by atoms with Crippen LogP contribution in [-0.2, 0) is 14.2 Å². The SMILES string of the molecule is C[N-]CCN(C)C.[Cu+][Br]. The van der Waals surface area contributed by atoms with Crippen LogP contribution in [0.1, 0.15) is 0 Å². The summed E-state index contributed by atoms with van der Waals surface area (Å²) >= 11 is 6.50. The van der Waals surface area contributed by atoms with Gasteiger partial charge in [0.15, 0.2) is 0 Å². The summed E-state index contributed by atoms with van der Waals surface area (Å²) < 4.78 is 0. The number of likely N-dealkylation sites (N-methyl/N-ethyl adjacent to an activating group) is 2. The molecule has 0 aliphatic rings. The van der Waals surface area contributed by atoms with E-state index in [0.29, 0.717) is 0 Å². The molecule has 0 amide bonds. The molecule has 61 valence electrons. The van der Waals surface area contributed by atoms with Crippen LogP contribution in [0.3, 0.4) is 0 Å². The zero-order chi connectivity index (χ0) is 7.70. The first kappa shape index (κ1) is 12.6. The summed E-state index contributed by atoms with van der Waals surface area (Å²) in [5, 5.41) is 3.93. The van der Waals surface area contributed by atoms with Gasteiger partial charge in [0, 0.05) is 0 Å². The van der Waals surface area contributed by atoms with Crippen LogP contribution in [0.2, 0.25) is 0 Å². The molecule has 0 aromatic carbocycles. The summed E-state index contributed by atoms with van der Waals surface area (Å²) in [6.45, 7) is 2.02. The van der Waals surface area contributed by atoms with E-state index < -0.39 is 0 Å². The third-order valence-corrected chi connectivity index (χ3v) is 0.771. The Morgan fingerprint density at radius 1 is 1.44 bits per heavy atom. The summed E-state index contributed by atoms with van der Waals surface area (Å²) in [6.07, 6.45) is 0. The van der Waals surface area contributed by atoms with E-state index in [2.05, 4.69) is 38.5 Å². The number of halogens is 1. The first-order valence-corrected chi connectivity index (χ1v) is 4.92. The van der Waals surface area contributed by atoms with Crippen molar-refractivity contribution < 1.29 is 14.2 Å². The number of hydrogen-bond acceptors (Lipinski definition) is 1. The summed E-state index contributed by atoms with van der Waals surface area (Å²) in [5.74, 6) is 0. The third kappa shape index (κ3) is 17.6. The number of rotatable bonds is 3. The molecule has 0 heterocycles. The molecule has 0 fully saturated rings. The molecular weight excluding hydrogens is 232 g/mol. The van der Waals surface area contributed by atoms with Crippen molar-refractivity contribution in [1.29, 1.82) is 0 Å². The van der Waals surface area contributed by atoms with E-state index in [1.54, 1.807) is 0 Å². The molecular formula is C5H13BrCuN2. The second-order valence-electron chi connectivity index (χ2n) is 1.84. The second-order valence-corrected chi connectivity index (χ2v) is 1.84. The van der Waals surface area contributed by atoms with E-state index >= 15 is 0 Å². The Labute approximate surface area is 72.9 Å². The molecule has 4 heteroatoms. The van der Waals surface area contributed by atoms with Crippen LogP contribution in [0.5, 0.6) is 0 Å². The van der Waals surface area contributed by atoms with E-state index in [1.807, 2.05) is 21.1 Å². The van der Waals surface area contributed by atoms with Crippen molar-refractivity contribution in [3.63, 3.8) is 0 Å². The van der Waals surface area contributed by atoms with Gasteiger partial charge in [0.05, 0.1) is 0 Å². The van der Waals surface area contributed by atoms with Crippen molar-refractivity contribution in [2.75, 3.05) is 34.2 Å². The van der Waals surface area contributed by atoms with E-state index in [1.165, 1.54) is 0 Å². The zero-order valence-electron chi connectivity index (χ0n) is 5.99. The van der Waals surface area contributed by atoms with Crippen LogP contribution < -0.4 is 0 Å². The van der Waals surface area contributed by atoms with Crippen molar-refractivity contribution in [1.82, 2.24) is 4.90 Å². The van der Waals surface area contributed by atoms with E-state index in [0.717, 1.165) is 13.1 Å². The molecule has 0 unspecified atom stereocenters. The minimum atomic E-state index is 0.951. The van der Waals surface area contributed by atoms with Gasteiger partial charge in [-0.15, -0.1) is 6.54 Å². The fraction of sp³-hybridized carbons (Fsp3) is 1.00. The van der Waals surface area contributed by atoms with Crippen molar-refractivity contribution in [3.8, 4) is 0 Å². The van der Waals surface area contributed by atoms with Gasteiger partial charge in [-0.3, -0.25) is 0 Å². The van der Waals surface area contributed by atoms with Gasteiger partial charge in [-0.25, -0.2) is 0 Å². The van der Waals surface area contributed by atoms with Gasteiger partial charge in [0.2, 0.25) is 0 Å². The Morgan fingerprint density at radius 3 is 2.00 bits per heavy atom. The Balaban J connectivity index is 0. The molecule has 0 aromatic rings. The van der Waals surface area contributed by atoms with Crippen molar-refractivity contribution in [2.24, 2.45) is 0 Å². The first-order chi connectivity index (χ1) is 4.27. The topological polar surface area (TPSA) is 17.3 Å². The molecule has 0 saturated heterocycles. The predicted octanol–water partition coefficient (Wildman–Crippen LogP) is 1.39. The normalized spacial score (nSPS) is 8.78. The van der Waals surface area contributed by atoms with E-state index in [4.69, 9.17) is 0 Å². The fourth-order valence-electron chi connectivity index (χ4n) is 0.300. The average molecular weight is 245 g/mol. The van der Waals surface area contributed by atoms with Crippen LogP contribution in [0.4, 0.5) is 0 Å². The monoisotopic (exact) mass is 243 g/mol. The molecule has 0 spiro atoms. The van der Waals surface area contributed by atoms with E-state index in [9.17, 15) is 0 Å². The fourth-order valence-corrected chi connectivity index (χ4v) is 0.300. The Hall–Kier alpha value is 0.919. The van der Waals surface area contributed by atoms with Crippen LogP contribution in [0.25, 0.3) is 5.32 Å². The van der Waals surface area contributed by atoms with Gasteiger partial charge < -0.3 is 10.2 Å². The molecule has 0 aromatic heterocycles. The third-order valence-electron chi connectivity index (χ3n) is 0.771. The zero-order valence-corrected chi connectivity index (χ0v) is 8.52. The molecule has 0 bridgehead atoms. The van der Waals surface area contributed by atoms with Crippen LogP contribution >= 0.6 is 14.1 Å². The van der Waals surface area contributed by atoms with Crippen LogP contribution in [0, 0.1) is 0 Å². The summed E-state index contributed by atoms with van der Waals surface area (Å²) in [5.41, 5.74) is 0. The maximum atomic E-state index is 4.00. The maximum absolute atomic E-state index is 4.00. The van der Waals surface area contributed by atoms with Gasteiger partial charge in [-0.2, -0.15) is 7.05 Å². The van der Waals surface area contributed by atoms with Gasteiger partial charge in [0.1, 0.15) is 0 Å². The second kappa shape index (κ2) is 11.7. The Bertz CT molecular complexity index is 43.9. The molecule has 9 heavy (non-hydrogen) atoms. The minimum absolute atomic E-state index is 0.951. The molecule has 0 radical (unpaired) electrons. The van der Waals surface area contributed by atoms with E-state index in [-0.39, 0.29) is 0 Å². The van der Waals surface area contributed by atoms with Gasteiger partial charge >= 0.3 is 28.3 Å². The molecule has 0 atom stereocenters. The van der Waals surface area contributed by atoms with Crippen molar-refractivity contribution in [3.05, 3.63) is 5.32 Å². The van der Waals surface area contributed by atoms with Crippen molar-refractivity contribution in [2.45, 2.75) is 0 Å². The average Bonchev–Trinajstić information content (AvgIpc) is 1.88. The Morgan fingerprint density at radius 2 is 1.89 bits per heavy atom. The van der Waals surface area contributed by atoms with Gasteiger partial charge in [0.25, 0.3) is 0 Å². The predicted molar refractivity (Wildman–Crippen MR) is 41.6 cm³/mol. The Kier molecular flexibility index (Phi) is 16.3. The quantitative estimate of drug-likeness (QED) is 0.686. The van der Waals surface area contributed by atoms with Crippen LogP contribution in [0.15, 0.2) is 0 Å². The molecule has 0 N–H and O–H groups in total. The van der Waals surface area contributed by atoms with Crippen LogP contribution in [-0.4, -0.2) is 39.1 Å². The summed E-state index contributed by atoms with van der Waals surface area (Å²) in [4.78, 5) is 2.12. The first-order valence-electron chi connectivity index (χ1n) is 2.59. The molecule has 0 saturated carbocycles. The summed E-state index contributed by atoms with van der Waals surface area (Å²) in [7, 11) is 5.93. The number of hydrogen-bond donors (Lipinski definition) is 0. The number of nitrogens with zero attached hydrogens (tertiary/aromatic N) is 2. The van der Waals surface area contributed by atoms with Gasteiger partial charge in [-0.1, -0.05) is 0 Å². The molecule has 0 aliphatic heterocycles. The molecule has 2 nitrogen and oxygen atoms in total. The summed E-state index contributed by atoms with van der Waals surface area (Å²) in [6, 6.07) is 0. The van der Waals surface area contributed by atoms with Gasteiger partial charge in [-0.05, 0) is 20.6 Å². The molecule has 0 aliphatic carbocycles. The molecule has 0 rings (SSSR count). The van der Waals surface area contributed by atoms with Crippen molar-refractivity contribution >= 4 is 14.1 Å². The standard InChI is InChI=1S/C5H13N2.BrH.Cu/c1-6-4-5-7(2)3;;/h4-5H2,1-3H3;1H;/q-1;;+2/p-1.